The predicted molar refractivity (Wildman–Crippen MR) is 81.9 cm³/mol. The Morgan fingerprint density at radius 3 is 2.78 bits per heavy atom. The highest BCUT2D eigenvalue weighted by Gasteiger charge is 2.55. The van der Waals surface area contributed by atoms with Crippen LogP contribution in [0.5, 0.6) is 0 Å². The van der Waals surface area contributed by atoms with E-state index in [4.69, 9.17) is 5.11 Å². The molecule has 2 fully saturated rings. The first-order valence-corrected chi connectivity index (χ1v) is 7.64. The Morgan fingerprint density at radius 2 is 2.04 bits per heavy atom. The molecular weight excluding hydrogens is 298 g/mol. The summed E-state index contributed by atoms with van der Waals surface area (Å²) in [5.41, 5.74) is 2.44. The second-order valence-corrected chi connectivity index (χ2v) is 6.69. The van der Waals surface area contributed by atoms with E-state index < -0.39 is 6.09 Å². The number of aromatic amines is 1. The second-order valence-electron chi connectivity index (χ2n) is 6.69. The topological polar surface area (TPSA) is 120 Å². The smallest absolute Gasteiger partial charge is 0.404 e. The summed E-state index contributed by atoms with van der Waals surface area (Å²) in [5, 5.41) is 24.5. The van der Waals surface area contributed by atoms with Crippen LogP contribution in [0.1, 0.15) is 25.7 Å². The molecule has 0 saturated heterocycles. The molecule has 1 aromatic carbocycles. The fourth-order valence-corrected chi connectivity index (χ4v) is 3.93. The Hall–Kier alpha value is -2.64. The van der Waals surface area contributed by atoms with Crippen LogP contribution in [0.4, 0.5) is 10.5 Å². The van der Waals surface area contributed by atoms with Crippen LogP contribution < -0.4 is 10.6 Å². The molecule has 2 saturated carbocycles. The fraction of sp³-hybridized carbons (Fsp3) is 0.467. The summed E-state index contributed by atoms with van der Waals surface area (Å²) in [6.45, 7) is 0. The molecule has 2 aromatic rings. The number of aromatic nitrogens is 3. The van der Waals surface area contributed by atoms with E-state index in [1.807, 2.05) is 12.1 Å². The number of nitrogens with one attached hydrogen (secondary N) is 3. The molecule has 4 rings (SSSR count). The van der Waals surface area contributed by atoms with Gasteiger partial charge < -0.3 is 15.7 Å². The van der Waals surface area contributed by atoms with Crippen molar-refractivity contribution in [2.45, 2.75) is 31.7 Å². The summed E-state index contributed by atoms with van der Waals surface area (Å²) in [6.07, 6.45) is 2.38. The average molecular weight is 315 g/mol. The van der Waals surface area contributed by atoms with E-state index in [0.29, 0.717) is 0 Å². The van der Waals surface area contributed by atoms with Gasteiger partial charge in [0.1, 0.15) is 5.52 Å². The third-order valence-electron chi connectivity index (χ3n) is 5.01. The Kier molecular flexibility index (Phi) is 3.00. The van der Waals surface area contributed by atoms with E-state index >= 15 is 0 Å². The first-order valence-electron chi connectivity index (χ1n) is 7.64. The number of benzene rings is 1. The number of hydrogen-bond acceptors (Lipinski definition) is 4. The molecule has 8 nitrogen and oxygen atoms in total. The number of amides is 2. The lowest BCUT2D eigenvalue weighted by Crippen LogP contribution is -2.57. The molecule has 0 aliphatic heterocycles. The van der Waals surface area contributed by atoms with Crippen molar-refractivity contribution in [1.29, 1.82) is 0 Å². The summed E-state index contributed by atoms with van der Waals surface area (Å²) in [6, 6.07) is 5.50. The third-order valence-corrected chi connectivity index (χ3v) is 5.01. The number of carboxylic acid groups (broad SMARTS) is 1. The third kappa shape index (κ3) is 2.49. The summed E-state index contributed by atoms with van der Waals surface area (Å²) >= 11 is 0. The SMILES string of the molecule is O=C(O)NC1CC2(C1)CC(C(=O)Nc1ccc3[nH]nnc3c1)C2. The van der Waals surface area contributed by atoms with Crippen molar-refractivity contribution in [3.63, 3.8) is 0 Å². The van der Waals surface area contributed by atoms with Crippen LogP contribution in [0.2, 0.25) is 0 Å². The molecule has 1 spiro atoms. The molecule has 8 heteroatoms. The monoisotopic (exact) mass is 315 g/mol. The van der Waals surface area contributed by atoms with E-state index in [0.717, 1.165) is 42.4 Å². The van der Waals surface area contributed by atoms with E-state index in [2.05, 4.69) is 26.0 Å². The van der Waals surface area contributed by atoms with Gasteiger partial charge in [-0.15, -0.1) is 5.10 Å². The minimum Gasteiger partial charge on any atom is -0.465 e. The maximum Gasteiger partial charge on any atom is 0.404 e. The number of carbonyl (C=O) groups is 2. The zero-order valence-corrected chi connectivity index (χ0v) is 12.4. The number of hydrogen-bond donors (Lipinski definition) is 4. The molecule has 1 heterocycles. The number of nitrogens with zero attached hydrogens (tertiary/aromatic N) is 2. The van der Waals surface area contributed by atoms with Gasteiger partial charge in [0.05, 0.1) is 5.52 Å². The quantitative estimate of drug-likeness (QED) is 0.687. The van der Waals surface area contributed by atoms with Crippen LogP contribution in [0.25, 0.3) is 11.0 Å². The number of carbonyl (C=O) groups excluding carboxylic acids is 1. The van der Waals surface area contributed by atoms with Gasteiger partial charge in [0.15, 0.2) is 0 Å². The molecule has 0 atom stereocenters. The van der Waals surface area contributed by atoms with Gasteiger partial charge in [0, 0.05) is 17.6 Å². The van der Waals surface area contributed by atoms with Crippen molar-refractivity contribution in [3.8, 4) is 0 Å². The number of H-pyrrole nitrogens is 1. The molecular formula is C15H17N5O3. The molecule has 0 bridgehead atoms. The van der Waals surface area contributed by atoms with Crippen molar-refractivity contribution < 1.29 is 14.7 Å². The zero-order chi connectivity index (χ0) is 16.0. The standard InChI is InChI=1S/C15H17N5O3/c21-13(16-9-1-2-11-12(3-9)19-20-18-11)8-4-15(5-8)6-10(7-15)17-14(22)23/h1-3,8,10,17H,4-7H2,(H,16,21)(H,22,23)(H,18,19,20). The highest BCUT2D eigenvalue weighted by atomic mass is 16.4. The van der Waals surface area contributed by atoms with Gasteiger partial charge in [-0.25, -0.2) is 4.79 Å². The first kappa shape index (κ1) is 14.0. The van der Waals surface area contributed by atoms with E-state index in [9.17, 15) is 9.59 Å². The van der Waals surface area contributed by atoms with Crippen LogP contribution in [0.15, 0.2) is 18.2 Å². The molecule has 1 aromatic heterocycles. The minimum absolute atomic E-state index is 0.00813. The van der Waals surface area contributed by atoms with Crippen LogP contribution in [-0.4, -0.2) is 38.6 Å². The summed E-state index contributed by atoms with van der Waals surface area (Å²) in [5.74, 6) is 0.0295. The van der Waals surface area contributed by atoms with Crippen molar-refractivity contribution in [3.05, 3.63) is 18.2 Å². The largest absolute Gasteiger partial charge is 0.465 e. The number of anilines is 1. The summed E-state index contributed by atoms with van der Waals surface area (Å²) < 4.78 is 0. The highest BCUT2D eigenvalue weighted by Crippen LogP contribution is 2.58. The average Bonchev–Trinajstić information content (AvgIpc) is 2.86. The van der Waals surface area contributed by atoms with Gasteiger partial charge in [-0.1, -0.05) is 5.21 Å². The van der Waals surface area contributed by atoms with E-state index in [-0.39, 0.29) is 23.3 Å². The van der Waals surface area contributed by atoms with Crippen LogP contribution in [0.3, 0.4) is 0 Å². The number of fused-ring (bicyclic) bond motifs is 1. The van der Waals surface area contributed by atoms with E-state index in [1.165, 1.54) is 0 Å². The molecule has 2 amide bonds. The van der Waals surface area contributed by atoms with Gasteiger partial charge in [-0.2, -0.15) is 0 Å². The Morgan fingerprint density at radius 1 is 1.26 bits per heavy atom. The van der Waals surface area contributed by atoms with E-state index in [1.54, 1.807) is 6.07 Å². The van der Waals surface area contributed by atoms with Crippen molar-refractivity contribution in [2.24, 2.45) is 11.3 Å². The summed E-state index contributed by atoms with van der Waals surface area (Å²) in [7, 11) is 0. The Labute approximate surface area is 131 Å². The molecule has 0 radical (unpaired) electrons. The van der Waals surface area contributed by atoms with Gasteiger partial charge in [0.2, 0.25) is 5.91 Å². The molecule has 120 valence electrons. The van der Waals surface area contributed by atoms with Crippen molar-refractivity contribution >= 4 is 28.7 Å². The Balaban J connectivity index is 1.31. The lowest BCUT2D eigenvalue weighted by molar-refractivity contribution is -0.133. The lowest BCUT2D eigenvalue weighted by Gasteiger charge is -2.57. The second kappa shape index (κ2) is 4.94. The van der Waals surface area contributed by atoms with Crippen molar-refractivity contribution in [2.75, 3.05) is 5.32 Å². The molecule has 4 N–H and O–H groups in total. The first-order chi connectivity index (χ1) is 11.0. The van der Waals surface area contributed by atoms with Crippen molar-refractivity contribution in [1.82, 2.24) is 20.7 Å². The Bertz CT molecular complexity index is 772. The lowest BCUT2D eigenvalue weighted by atomic mass is 9.50. The van der Waals surface area contributed by atoms with Gasteiger partial charge in [-0.05, 0) is 49.3 Å². The number of rotatable bonds is 3. The van der Waals surface area contributed by atoms with Gasteiger partial charge in [0.25, 0.3) is 0 Å². The molecule has 23 heavy (non-hydrogen) atoms. The fourth-order valence-electron chi connectivity index (χ4n) is 3.93. The maximum atomic E-state index is 12.3. The molecule has 2 aliphatic carbocycles. The normalized spacial score (nSPS) is 28.9. The molecule has 0 unspecified atom stereocenters. The van der Waals surface area contributed by atoms with Crippen LogP contribution in [-0.2, 0) is 4.79 Å². The van der Waals surface area contributed by atoms with Crippen LogP contribution >= 0.6 is 0 Å². The minimum atomic E-state index is -0.971. The van der Waals surface area contributed by atoms with Gasteiger partial charge >= 0.3 is 6.09 Å². The van der Waals surface area contributed by atoms with Crippen LogP contribution in [0, 0.1) is 11.3 Å². The highest BCUT2D eigenvalue weighted by molar-refractivity contribution is 5.95. The van der Waals surface area contributed by atoms with Gasteiger partial charge in [-0.3, -0.25) is 9.89 Å². The summed E-state index contributed by atoms with van der Waals surface area (Å²) in [4.78, 5) is 22.9. The predicted octanol–water partition coefficient (Wildman–Crippen LogP) is 1.72. The maximum absolute atomic E-state index is 12.3. The molecule has 2 aliphatic rings. The zero-order valence-electron chi connectivity index (χ0n) is 12.4.